The van der Waals surface area contributed by atoms with E-state index < -0.39 is 0 Å². The molecule has 1 fully saturated rings. The topological polar surface area (TPSA) is 26.7 Å². The summed E-state index contributed by atoms with van der Waals surface area (Å²) in [6.45, 7) is 4.88. The van der Waals surface area contributed by atoms with Gasteiger partial charge in [-0.3, -0.25) is 0 Å². The molecule has 1 saturated heterocycles. The fourth-order valence-corrected chi connectivity index (χ4v) is 4.30. The number of para-hydroxylation sites is 1. The van der Waals surface area contributed by atoms with E-state index >= 15 is 0 Å². The summed E-state index contributed by atoms with van der Waals surface area (Å²) in [6.07, 6.45) is 4.86. The molecule has 0 bridgehead atoms. The minimum Gasteiger partial charge on any atom is -0.392 e. The van der Waals surface area contributed by atoms with Crippen LogP contribution in [0.4, 0.5) is 5.69 Å². The molecule has 2 heterocycles. The molecule has 25 heavy (non-hydrogen) atoms. The molecule has 2 aliphatic rings. The summed E-state index contributed by atoms with van der Waals surface area (Å²) in [5.74, 6) is 0. The molecular weight excluding hydrogens is 308 g/mol. The van der Waals surface area contributed by atoms with Gasteiger partial charge in [-0.15, -0.1) is 0 Å². The number of anilines is 1. The van der Waals surface area contributed by atoms with Gasteiger partial charge >= 0.3 is 0 Å². The number of rotatable bonds is 5. The van der Waals surface area contributed by atoms with Crippen molar-refractivity contribution in [2.75, 3.05) is 31.1 Å². The summed E-state index contributed by atoms with van der Waals surface area (Å²) >= 11 is 0. The van der Waals surface area contributed by atoms with Crippen LogP contribution in [0.3, 0.4) is 0 Å². The molecule has 0 atom stereocenters. The number of hydrogen-bond acceptors (Lipinski definition) is 3. The average Bonchev–Trinajstić information content (AvgIpc) is 3.11. The zero-order valence-electron chi connectivity index (χ0n) is 14.9. The lowest BCUT2D eigenvalue weighted by Crippen LogP contribution is -2.44. The first kappa shape index (κ1) is 16.6. The normalized spacial score (nSPS) is 18.5. The van der Waals surface area contributed by atoms with E-state index in [9.17, 15) is 0 Å². The Morgan fingerprint density at radius 1 is 0.880 bits per heavy atom. The number of piperidine rings is 1. The molecule has 2 aromatic rings. The number of aliphatic hydroxyl groups is 1. The third-order valence-corrected chi connectivity index (χ3v) is 5.84. The highest BCUT2D eigenvalue weighted by molar-refractivity contribution is 5.58. The van der Waals surface area contributed by atoms with Crippen LogP contribution in [0.15, 0.2) is 48.5 Å². The average molecular weight is 336 g/mol. The standard InChI is InChI=1S/C22H28N2O/c25-17-19-7-5-18(6-8-19)9-13-23-14-11-21(12-15-23)24-16-10-20-3-1-2-4-22(20)24/h1-8,21,25H,9-17H2. The molecule has 0 aromatic heterocycles. The predicted molar refractivity (Wildman–Crippen MR) is 103 cm³/mol. The second kappa shape index (κ2) is 7.59. The number of fused-ring (bicyclic) bond motifs is 1. The number of benzene rings is 2. The van der Waals surface area contributed by atoms with Crippen LogP contribution in [0.1, 0.15) is 29.5 Å². The van der Waals surface area contributed by atoms with Crippen LogP contribution < -0.4 is 4.90 Å². The largest absolute Gasteiger partial charge is 0.392 e. The minimum absolute atomic E-state index is 0.132. The zero-order valence-corrected chi connectivity index (χ0v) is 14.9. The molecule has 2 aliphatic heterocycles. The highest BCUT2D eigenvalue weighted by Gasteiger charge is 2.28. The Hall–Kier alpha value is -1.84. The van der Waals surface area contributed by atoms with Gasteiger partial charge in [0.15, 0.2) is 0 Å². The number of likely N-dealkylation sites (tertiary alicyclic amines) is 1. The van der Waals surface area contributed by atoms with Gasteiger partial charge in [0.2, 0.25) is 0 Å². The van der Waals surface area contributed by atoms with Crippen molar-refractivity contribution in [3.63, 3.8) is 0 Å². The minimum atomic E-state index is 0.132. The monoisotopic (exact) mass is 336 g/mol. The van der Waals surface area contributed by atoms with E-state index in [1.165, 1.54) is 55.7 Å². The van der Waals surface area contributed by atoms with E-state index in [1.54, 1.807) is 0 Å². The fourth-order valence-electron chi connectivity index (χ4n) is 4.30. The van der Waals surface area contributed by atoms with E-state index in [0.29, 0.717) is 6.04 Å². The molecule has 0 unspecified atom stereocenters. The Morgan fingerprint density at radius 2 is 1.60 bits per heavy atom. The Balaban J connectivity index is 1.27. The fraction of sp³-hybridized carbons (Fsp3) is 0.455. The maximum Gasteiger partial charge on any atom is 0.0681 e. The second-order valence-electron chi connectivity index (χ2n) is 7.37. The van der Waals surface area contributed by atoms with E-state index in [0.717, 1.165) is 18.5 Å². The van der Waals surface area contributed by atoms with Crippen molar-refractivity contribution in [3.05, 3.63) is 65.2 Å². The van der Waals surface area contributed by atoms with Crippen LogP contribution in [0.5, 0.6) is 0 Å². The lowest BCUT2D eigenvalue weighted by atomic mass is 10.0. The molecule has 0 spiro atoms. The molecule has 0 aliphatic carbocycles. The van der Waals surface area contributed by atoms with E-state index in [4.69, 9.17) is 5.11 Å². The van der Waals surface area contributed by atoms with Crippen LogP contribution in [0.25, 0.3) is 0 Å². The third kappa shape index (κ3) is 3.73. The first-order chi connectivity index (χ1) is 12.3. The number of nitrogens with zero attached hydrogens (tertiary/aromatic N) is 2. The lowest BCUT2D eigenvalue weighted by Gasteiger charge is -2.38. The molecular formula is C22H28N2O. The van der Waals surface area contributed by atoms with E-state index in [-0.39, 0.29) is 6.61 Å². The van der Waals surface area contributed by atoms with Crippen molar-refractivity contribution in [1.29, 1.82) is 0 Å². The maximum atomic E-state index is 9.13. The summed E-state index contributed by atoms with van der Waals surface area (Å²) in [5.41, 5.74) is 5.37. The van der Waals surface area contributed by atoms with Crippen molar-refractivity contribution >= 4 is 5.69 Å². The highest BCUT2D eigenvalue weighted by Crippen LogP contribution is 2.32. The van der Waals surface area contributed by atoms with E-state index in [2.05, 4.69) is 46.2 Å². The van der Waals surface area contributed by atoms with Gasteiger partial charge in [-0.05, 0) is 48.4 Å². The summed E-state index contributed by atoms with van der Waals surface area (Å²) in [5, 5.41) is 9.13. The second-order valence-corrected chi connectivity index (χ2v) is 7.37. The predicted octanol–water partition coefficient (Wildman–Crippen LogP) is 3.25. The highest BCUT2D eigenvalue weighted by atomic mass is 16.3. The van der Waals surface area contributed by atoms with Gasteiger partial charge in [0.1, 0.15) is 0 Å². The van der Waals surface area contributed by atoms with Crippen LogP contribution in [0, 0.1) is 0 Å². The number of aliphatic hydroxyl groups excluding tert-OH is 1. The zero-order chi connectivity index (χ0) is 17.1. The van der Waals surface area contributed by atoms with Gasteiger partial charge in [0, 0.05) is 37.9 Å². The van der Waals surface area contributed by atoms with Crippen molar-refractivity contribution in [2.45, 2.75) is 38.3 Å². The lowest BCUT2D eigenvalue weighted by molar-refractivity contribution is 0.212. The van der Waals surface area contributed by atoms with Gasteiger partial charge < -0.3 is 14.9 Å². The first-order valence-corrected chi connectivity index (χ1v) is 9.59. The Morgan fingerprint density at radius 3 is 2.36 bits per heavy atom. The van der Waals surface area contributed by atoms with E-state index in [1.807, 2.05) is 12.1 Å². The van der Waals surface area contributed by atoms with Gasteiger partial charge in [0.25, 0.3) is 0 Å². The van der Waals surface area contributed by atoms with Gasteiger partial charge in [-0.1, -0.05) is 42.5 Å². The third-order valence-electron chi connectivity index (χ3n) is 5.84. The van der Waals surface area contributed by atoms with Crippen LogP contribution >= 0.6 is 0 Å². The van der Waals surface area contributed by atoms with Crippen molar-refractivity contribution in [1.82, 2.24) is 4.90 Å². The molecule has 3 nitrogen and oxygen atoms in total. The first-order valence-electron chi connectivity index (χ1n) is 9.59. The van der Waals surface area contributed by atoms with Crippen molar-refractivity contribution in [2.24, 2.45) is 0 Å². The Bertz CT molecular complexity index is 689. The van der Waals surface area contributed by atoms with Crippen molar-refractivity contribution in [3.8, 4) is 0 Å². The van der Waals surface area contributed by atoms with Gasteiger partial charge in [-0.2, -0.15) is 0 Å². The summed E-state index contributed by atoms with van der Waals surface area (Å²) < 4.78 is 0. The molecule has 0 saturated carbocycles. The quantitative estimate of drug-likeness (QED) is 0.908. The van der Waals surface area contributed by atoms with Crippen molar-refractivity contribution < 1.29 is 5.11 Å². The smallest absolute Gasteiger partial charge is 0.0681 e. The number of hydrogen-bond donors (Lipinski definition) is 1. The summed E-state index contributed by atoms with van der Waals surface area (Å²) in [6, 6.07) is 18.0. The molecule has 0 amide bonds. The summed E-state index contributed by atoms with van der Waals surface area (Å²) in [7, 11) is 0. The molecule has 2 aromatic carbocycles. The SMILES string of the molecule is OCc1ccc(CCN2CCC(N3CCc4ccccc43)CC2)cc1. The Kier molecular flexibility index (Phi) is 5.04. The van der Waals surface area contributed by atoms with Crippen LogP contribution in [-0.4, -0.2) is 42.2 Å². The maximum absolute atomic E-state index is 9.13. The van der Waals surface area contributed by atoms with Crippen LogP contribution in [-0.2, 0) is 19.4 Å². The van der Waals surface area contributed by atoms with Gasteiger partial charge in [-0.25, -0.2) is 0 Å². The summed E-state index contributed by atoms with van der Waals surface area (Å²) in [4.78, 5) is 5.26. The molecule has 1 N–H and O–H groups in total. The van der Waals surface area contributed by atoms with Crippen LogP contribution in [0.2, 0.25) is 0 Å². The molecule has 4 rings (SSSR count). The van der Waals surface area contributed by atoms with Gasteiger partial charge in [0.05, 0.1) is 6.61 Å². The molecule has 0 radical (unpaired) electrons. The molecule has 3 heteroatoms. The Labute approximate surface area is 150 Å². The molecule has 132 valence electrons.